The molecule has 1 rings (SSSR count). The van der Waals surface area contributed by atoms with Crippen molar-refractivity contribution in [3.63, 3.8) is 0 Å². The van der Waals surface area contributed by atoms with Crippen molar-refractivity contribution in [2.24, 2.45) is 0 Å². The largest absolute Gasteiger partial charge is 0.398 e. The Bertz CT molecular complexity index is 409. The monoisotopic (exact) mass is 236 g/mol. The molecule has 0 radical (unpaired) electrons. The topological polar surface area (TPSA) is 80.0 Å². The Morgan fingerprint density at radius 1 is 1.47 bits per heavy atom. The fourth-order valence-electron chi connectivity index (χ4n) is 1.27. The molecule has 5 heteroatoms. The highest BCUT2D eigenvalue weighted by Gasteiger charge is 2.13. The number of anilines is 2. The van der Waals surface area contributed by atoms with Crippen LogP contribution in [-0.4, -0.2) is 23.0 Å². The van der Waals surface area contributed by atoms with Gasteiger partial charge in [0, 0.05) is 23.5 Å². The maximum Gasteiger partial charge on any atom is 0.239 e. The third-order valence-corrected chi connectivity index (χ3v) is 2.09. The van der Waals surface area contributed by atoms with Crippen LogP contribution in [0.4, 0.5) is 11.5 Å². The molecule has 0 aliphatic heterocycles. The van der Waals surface area contributed by atoms with Gasteiger partial charge in [-0.15, -0.1) is 0 Å². The lowest BCUT2D eigenvalue weighted by molar-refractivity contribution is -0.120. The van der Waals surface area contributed by atoms with E-state index in [4.69, 9.17) is 5.73 Å². The first-order chi connectivity index (χ1) is 7.78. The Morgan fingerprint density at radius 2 is 2.12 bits per heavy atom. The van der Waals surface area contributed by atoms with Crippen LogP contribution in [0.25, 0.3) is 0 Å². The molecule has 0 spiro atoms. The molecule has 0 bridgehead atoms. The van der Waals surface area contributed by atoms with Crippen LogP contribution in [0.3, 0.4) is 0 Å². The molecule has 1 heterocycles. The molecule has 1 aromatic heterocycles. The number of nitrogens with one attached hydrogen (secondary N) is 2. The number of nitrogens with two attached hydrogens (primary N) is 1. The number of nitrogen functional groups attached to an aromatic ring is 1. The van der Waals surface area contributed by atoms with E-state index in [9.17, 15) is 4.79 Å². The summed E-state index contributed by atoms with van der Waals surface area (Å²) < 4.78 is 0. The number of nitrogens with zero attached hydrogens (tertiary/aromatic N) is 1. The highest BCUT2D eigenvalue weighted by atomic mass is 16.2. The lowest BCUT2D eigenvalue weighted by Crippen LogP contribution is -2.43. The zero-order chi connectivity index (χ0) is 13.1. The average Bonchev–Trinajstić information content (AvgIpc) is 2.17. The van der Waals surface area contributed by atoms with E-state index in [1.165, 1.54) is 0 Å². The van der Waals surface area contributed by atoms with E-state index in [1.54, 1.807) is 12.3 Å². The van der Waals surface area contributed by atoms with Crippen LogP contribution < -0.4 is 16.4 Å². The Labute approximate surface area is 102 Å². The lowest BCUT2D eigenvalue weighted by Gasteiger charge is -2.20. The Hall–Kier alpha value is -1.78. The second kappa shape index (κ2) is 5.03. The second-order valence-electron chi connectivity index (χ2n) is 5.08. The van der Waals surface area contributed by atoms with Gasteiger partial charge in [-0.05, 0) is 33.3 Å². The third kappa shape index (κ3) is 4.72. The van der Waals surface area contributed by atoms with Gasteiger partial charge in [0.1, 0.15) is 5.82 Å². The number of hydrogen-bond acceptors (Lipinski definition) is 4. The molecule has 0 aliphatic carbocycles. The van der Waals surface area contributed by atoms with Crippen molar-refractivity contribution in [2.45, 2.75) is 33.2 Å². The maximum atomic E-state index is 11.6. The molecule has 0 unspecified atom stereocenters. The van der Waals surface area contributed by atoms with Gasteiger partial charge in [-0.2, -0.15) is 0 Å². The van der Waals surface area contributed by atoms with Crippen molar-refractivity contribution < 1.29 is 4.79 Å². The van der Waals surface area contributed by atoms with Gasteiger partial charge in [0.25, 0.3) is 0 Å². The fourth-order valence-corrected chi connectivity index (χ4v) is 1.27. The average molecular weight is 236 g/mol. The Balaban J connectivity index is 2.50. The van der Waals surface area contributed by atoms with Gasteiger partial charge in [0.15, 0.2) is 0 Å². The zero-order valence-electron chi connectivity index (χ0n) is 10.8. The minimum Gasteiger partial charge on any atom is -0.398 e. The van der Waals surface area contributed by atoms with Crippen molar-refractivity contribution in [3.8, 4) is 0 Å². The Morgan fingerprint density at radius 3 is 2.65 bits per heavy atom. The number of hydrogen-bond donors (Lipinski definition) is 3. The first-order valence-corrected chi connectivity index (χ1v) is 5.55. The van der Waals surface area contributed by atoms with Crippen LogP contribution in [0.5, 0.6) is 0 Å². The molecule has 1 aromatic rings. The summed E-state index contributed by atoms with van der Waals surface area (Å²) >= 11 is 0. The van der Waals surface area contributed by atoms with Gasteiger partial charge in [0.2, 0.25) is 5.91 Å². The molecule has 0 aromatic carbocycles. The summed E-state index contributed by atoms with van der Waals surface area (Å²) in [5.41, 5.74) is 7.12. The third-order valence-electron chi connectivity index (χ3n) is 2.09. The van der Waals surface area contributed by atoms with Crippen LogP contribution in [-0.2, 0) is 4.79 Å². The molecule has 4 N–H and O–H groups in total. The van der Waals surface area contributed by atoms with Gasteiger partial charge >= 0.3 is 0 Å². The van der Waals surface area contributed by atoms with E-state index in [1.807, 2.05) is 27.7 Å². The molecular formula is C12H20N4O. The smallest absolute Gasteiger partial charge is 0.239 e. The standard InChI is InChI=1S/C12H20N4O/c1-8-6-14-10(5-9(8)13)15-7-11(17)16-12(2,3)4/h5-6H,7H2,1-4H3,(H,16,17)(H3,13,14,15). The summed E-state index contributed by atoms with van der Waals surface area (Å²) in [7, 11) is 0. The number of carbonyl (C=O) groups excluding carboxylic acids is 1. The number of carbonyl (C=O) groups is 1. The summed E-state index contributed by atoms with van der Waals surface area (Å²) in [5.74, 6) is 0.538. The van der Waals surface area contributed by atoms with Crippen LogP contribution in [0.15, 0.2) is 12.3 Å². The normalized spacial score (nSPS) is 11.1. The maximum absolute atomic E-state index is 11.6. The van der Waals surface area contributed by atoms with Crippen molar-refractivity contribution in [1.29, 1.82) is 0 Å². The van der Waals surface area contributed by atoms with Gasteiger partial charge in [-0.25, -0.2) is 4.98 Å². The van der Waals surface area contributed by atoms with Crippen molar-refractivity contribution in [3.05, 3.63) is 17.8 Å². The van der Waals surface area contributed by atoms with E-state index in [2.05, 4.69) is 15.6 Å². The van der Waals surface area contributed by atoms with Crippen LogP contribution in [0, 0.1) is 6.92 Å². The second-order valence-corrected chi connectivity index (χ2v) is 5.08. The molecule has 17 heavy (non-hydrogen) atoms. The molecule has 0 saturated heterocycles. The van der Waals surface area contributed by atoms with Crippen molar-refractivity contribution in [2.75, 3.05) is 17.6 Å². The van der Waals surface area contributed by atoms with Crippen LogP contribution in [0.2, 0.25) is 0 Å². The summed E-state index contributed by atoms with van der Waals surface area (Å²) in [6.45, 7) is 7.89. The molecular weight excluding hydrogens is 216 g/mol. The molecule has 0 aliphatic rings. The molecule has 0 saturated carbocycles. The first kappa shape index (κ1) is 13.3. The molecule has 0 fully saturated rings. The number of rotatable bonds is 3. The lowest BCUT2D eigenvalue weighted by atomic mass is 10.1. The van der Waals surface area contributed by atoms with E-state index in [0.717, 1.165) is 5.56 Å². The Kier molecular flexibility index (Phi) is 3.93. The predicted octanol–water partition coefficient (Wildman–Crippen LogP) is 1.30. The summed E-state index contributed by atoms with van der Waals surface area (Å²) in [4.78, 5) is 15.7. The highest BCUT2D eigenvalue weighted by Crippen LogP contribution is 2.13. The van der Waals surface area contributed by atoms with Gasteiger partial charge in [-0.3, -0.25) is 4.79 Å². The van der Waals surface area contributed by atoms with E-state index in [0.29, 0.717) is 11.5 Å². The number of aromatic nitrogens is 1. The summed E-state index contributed by atoms with van der Waals surface area (Å²) in [6, 6.07) is 1.72. The zero-order valence-corrected chi connectivity index (χ0v) is 10.8. The predicted molar refractivity (Wildman–Crippen MR) is 69.8 cm³/mol. The molecule has 0 atom stereocenters. The molecule has 94 valence electrons. The molecule has 1 amide bonds. The van der Waals surface area contributed by atoms with Gasteiger partial charge < -0.3 is 16.4 Å². The molecule has 5 nitrogen and oxygen atoms in total. The quantitative estimate of drug-likeness (QED) is 0.739. The summed E-state index contributed by atoms with van der Waals surface area (Å²) in [6.07, 6.45) is 1.68. The summed E-state index contributed by atoms with van der Waals surface area (Å²) in [5, 5.41) is 5.79. The van der Waals surface area contributed by atoms with Crippen molar-refractivity contribution >= 4 is 17.4 Å². The van der Waals surface area contributed by atoms with Crippen LogP contribution >= 0.6 is 0 Å². The fraction of sp³-hybridized carbons (Fsp3) is 0.500. The first-order valence-electron chi connectivity index (χ1n) is 5.55. The van der Waals surface area contributed by atoms with Crippen molar-refractivity contribution in [1.82, 2.24) is 10.3 Å². The van der Waals surface area contributed by atoms with Gasteiger partial charge in [0.05, 0.1) is 6.54 Å². The minimum atomic E-state index is -0.224. The number of pyridine rings is 1. The van der Waals surface area contributed by atoms with E-state index < -0.39 is 0 Å². The van der Waals surface area contributed by atoms with Crippen LogP contribution in [0.1, 0.15) is 26.3 Å². The SMILES string of the molecule is Cc1cnc(NCC(=O)NC(C)(C)C)cc1N. The minimum absolute atomic E-state index is 0.0709. The van der Waals surface area contributed by atoms with E-state index in [-0.39, 0.29) is 18.0 Å². The van der Waals surface area contributed by atoms with E-state index >= 15 is 0 Å². The van der Waals surface area contributed by atoms with Gasteiger partial charge in [-0.1, -0.05) is 0 Å². The highest BCUT2D eigenvalue weighted by molar-refractivity contribution is 5.81. The number of aryl methyl sites for hydroxylation is 1. The number of amides is 1.